The van der Waals surface area contributed by atoms with Crippen molar-refractivity contribution in [2.24, 2.45) is 11.5 Å². The third-order valence-corrected chi connectivity index (χ3v) is 0.167. The van der Waals surface area contributed by atoms with Crippen LogP contribution in [0.15, 0.2) is 0 Å². The Bertz CT molecular complexity index is 199. The molecule has 0 amide bonds. The average molecular weight is 372 g/mol. The van der Waals surface area contributed by atoms with E-state index < -0.39 is 23.9 Å². The number of hydrogen-bond donors (Lipinski definition) is 6. The monoisotopic (exact) mass is 372 g/mol. The molecule has 12 heteroatoms. The van der Waals surface area contributed by atoms with E-state index in [0.717, 1.165) is 27.7 Å². The van der Waals surface area contributed by atoms with Crippen LogP contribution >= 0.6 is 0 Å². The number of carboxylic acids is 4. The summed E-state index contributed by atoms with van der Waals surface area (Å²) in [6.07, 6.45) is 0. The van der Waals surface area contributed by atoms with Crippen LogP contribution in [-0.4, -0.2) is 57.4 Å². The Morgan fingerprint density at radius 3 is 0.682 bits per heavy atom. The summed E-state index contributed by atoms with van der Waals surface area (Å²) in [5, 5.41) is 29.7. The van der Waals surface area contributed by atoms with Gasteiger partial charge >= 0.3 is 0 Å². The predicted molar refractivity (Wildman–Crippen MR) is 76.6 cm³/mol. The molecule has 10 N–H and O–H groups in total. The Hall–Kier alpha value is -1.72. The minimum absolute atomic E-state index is 0. The molecule has 0 spiro atoms. The zero-order chi connectivity index (χ0) is 17.7. The van der Waals surface area contributed by atoms with Gasteiger partial charge in [0, 0.05) is 57.9 Å². The summed E-state index contributed by atoms with van der Waals surface area (Å²) in [6, 6.07) is 0. The molecule has 0 atom stereocenters. The van der Waals surface area contributed by atoms with Crippen molar-refractivity contribution in [2.45, 2.75) is 27.7 Å². The van der Waals surface area contributed by atoms with Crippen LogP contribution in [0, 0.1) is 0 Å². The summed E-state index contributed by atoms with van der Waals surface area (Å²) in [7, 11) is 0. The zero-order valence-electron chi connectivity index (χ0n) is 12.9. The largest absolute Gasteiger partial charge is 0.693 e. The third kappa shape index (κ3) is 10500. The SMILES string of the molecule is CC(=O)O.CC(=O)O.CC(=O)O.CC(=O)O.NCCN.[Fe].[NH2-]. The van der Waals surface area contributed by atoms with Crippen LogP contribution in [0.5, 0.6) is 0 Å². The molecule has 0 rings (SSSR count). The molecule has 0 radical (unpaired) electrons. The van der Waals surface area contributed by atoms with E-state index >= 15 is 0 Å². The van der Waals surface area contributed by atoms with Crippen molar-refractivity contribution >= 4 is 23.9 Å². The third-order valence-electron chi connectivity index (χ3n) is 0.167. The van der Waals surface area contributed by atoms with Crippen molar-refractivity contribution in [3.8, 4) is 0 Å². The molecular formula is C10H26FeN3O8-. The van der Waals surface area contributed by atoms with E-state index in [0.29, 0.717) is 13.1 Å². The fraction of sp³-hybridized carbons (Fsp3) is 0.600. The number of carbonyl (C=O) groups is 4. The molecule has 0 bridgehead atoms. The summed E-state index contributed by atoms with van der Waals surface area (Å²) < 4.78 is 0. The Kier molecular flexibility index (Phi) is 83.0. The van der Waals surface area contributed by atoms with Gasteiger partial charge < -0.3 is 38.0 Å². The molecule has 0 aromatic rings. The molecule has 11 nitrogen and oxygen atoms in total. The van der Waals surface area contributed by atoms with Gasteiger partial charge in [0.2, 0.25) is 0 Å². The number of rotatable bonds is 1. The summed E-state index contributed by atoms with van der Waals surface area (Å²) in [4.78, 5) is 36.0. The average Bonchev–Trinajstić information content (AvgIpc) is 2.13. The van der Waals surface area contributed by atoms with Crippen LogP contribution in [0.25, 0.3) is 6.15 Å². The van der Waals surface area contributed by atoms with Crippen LogP contribution in [0.1, 0.15) is 27.7 Å². The molecule has 138 valence electrons. The zero-order valence-corrected chi connectivity index (χ0v) is 14.0. The van der Waals surface area contributed by atoms with Crippen LogP contribution < -0.4 is 11.5 Å². The molecule has 0 saturated heterocycles. The van der Waals surface area contributed by atoms with Crippen molar-refractivity contribution in [2.75, 3.05) is 13.1 Å². The maximum atomic E-state index is 9.00. The predicted octanol–water partition coefficient (Wildman–Crippen LogP) is -0.0180. The first-order valence-corrected chi connectivity index (χ1v) is 5.03. The molecule has 0 aliphatic heterocycles. The summed E-state index contributed by atoms with van der Waals surface area (Å²) >= 11 is 0. The van der Waals surface area contributed by atoms with Gasteiger partial charge in [0.15, 0.2) is 0 Å². The maximum Gasteiger partial charge on any atom is 0.300 e. The van der Waals surface area contributed by atoms with Gasteiger partial charge in [-0.1, -0.05) is 0 Å². The topological polar surface area (TPSA) is 235 Å². The number of aliphatic carboxylic acids is 4. The van der Waals surface area contributed by atoms with Gasteiger partial charge in [-0.2, -0.15) is 0 Å². The Labute approximate surface area is 139 Å². The fourth-order valence-electron chi connectivity index (χ4n) is 0. The second-order valence-electron chi connectivity index (χ2n) is 2.65. The molecule has 0 aromatic heterocycles. The fourth-order valence-corrected chi connectivity index (χ4v) is 0. The van der Waals surface area contributed by atoms with Crippen molar-refractivity contribution in [1.29, 1.82) is 0 Å². The van der Waals surface area contributed by atoms with Crippen LogP contribution in [0.3, 0.4) is 0 Å². The van der Waals surface area contributed by atoms with Crippen molar-refractivity contribution < 1.29 is 56.7 Å². The number of nitrogens with two attached hydrogens (primary N) is 3. The van der Waals surface area contributed by atoms with Gasteiger partial charge in [-0.3, -0.25) is 19.2 Å². The van der Waals surface area contributed by atoms with Gasteiger partial charge in [0.1, 0.15) is 0 Å². The quantitative estimate of drug-likeness (QED) is 0.336. The molecule has 0 fully saturated rings. The Balaban J connectivity index is -0.0000000250. The van der Waals surface area contributed by atoms with Crippen molar-refractivity contribution in [3.05, 3.63) is 6.15 Å². The van der Waals surface area contributed by atoms with E-state index in [1.165, 1.54) is 0 Å². The van der Waals surface area contributed by atoms with Gasteiger partial charge in [-0.05, 0) is 0 Å². The first-order chi connectivity index (χ1) is 8.84. The van der Waals surface area contributed by atoms with Gasteiger partial charge in [-0.15, -0.1) is 0 Å². The van der Waals surface area contributed by atoms with Crippen LogP contribution in [0.2, 0.25) is 0 Å². The van der Waals surface area contributed by atoms with Crippen LogP contribution in [-0.2, 0) is 36.2 Å². The van der Waals surface area contributed by atoms with Crippen LogP contribution in [0.4, 0.5) is 0 Å². The molecule has 0 aromatic carbocycles. The number of carboxylic acid groups (broad SMARTS) is 4. The van der Waals surface area contributed by atoms with E-state index in [1.807, 2.05) is 0 Å². The molecule has 0 heterocycles. The molecular weight excluding hydrogens is 346 g/mol. The van der Waals surface area contributed by atoms with E-state index in [2.05, 4.69) is 0 Å². The summed E-state index contributed by atoms with van der Waals surface area (Å²) in [5.74, 6) is -3.33. The minimum atomic E-state index is -0.833. The normalized spacial score (nSPS) is 5.91. The van der Waals surface area contributed by atoms with E-state index in [4.69, 9.17) is 51.1 Å². The van der Waals surface area contributed by atoms with Crippen molar-refractivity contribution in [1.82, 2.24) is 0 Å². The van der Waals surface area contributed by atoms with E-state index in [-0.39, 0.29) is 23.2 Å². The first-order valence-electron chi connectivity index (χ1n) is 5.03. The van der Waals surface area contributed by atoms with Gasteiger partial charge in [0.05, 0.1) is 0 Å². The number of hydrogen-bond acceptors (Lipinski definition) is 6. The van der Waals surface area contributed by atoms with Gasteiger partial charge in [-0.25, -0.2) is 0 Å². The molecule has 0 aliphatic carbocycles. The van der Waals surface area contributed by atoms with Crippen molar-refractivity contribution in [3.63, 3.8) is 0 Å². The molecule has 0 unspecified atom stereocenters. The maximum absolute atomic E-state index is 9.00. The Morgan fingerprint density at radius 1 is 0.636 bits per heavy atom. The standard InChI is InChI=1S/C2H8N2.4C2H4O2.Fe.H2N/c3-1-2-4;4*1-2(3)4;;/h1-4H2;4*1H3,(H,3,4);;1H2/q;;;;;;-1. The first kappa shape index (κ1) is 42.7. The second-order valence-corrected chi connectivity index (χ2v) is 2.65. The van der Waals surface area contributed by atoms with E-state index in [1.54, 1.807) is 0 Å². The van der Waals surface area contributed by atoms with E-state index in [9.17, 15) is 0 Å². The van der Waals surface area contributed by atoms with Gasteiger partial charge in [0.25, 0.3) is 23.9 Å². The second kappa shape index (κ2) is 42.7. The molecule has 0 aliphatic rings. The molecule has 0 saturated carbocycles. The smallest absolute Gasteiger partial charge is 0.300 e. The Morgan fingerprint density at radius 2 is 0.682 bits per heavy atom. The minimum Gasteiger partial charge on any atom is -0.693 e. The summed E-state index contributed by atoms with van der Waals surface area (Å²) in [6.45, 7) is 5.53. The molecule has 22 heavy (non-hydrogen) atoms. The summed E-state index contributed by atoms with van der Waals surface area (Å²) in [5.41, 5.74) is 9.81.